The van der Waals surface area contributed by atoms with E-state index in [1.165, 1.54) is 4.57 Å². The SMILES string of the molecule is O=C1CCC(n2cc3cc(CNC(=O)c4cccc(CN5CCOCC5)c4)ccc3c2O)C(=O)N1. The lowest BCUT2D eigenvalue weighted by molar-refractivity contribution is -0.135. The Bertz CT molecular complexity index is 1280. The third-order valence-corrected chi connectivity index (χ3v) is 6.58. The number of piperidine rings is 1. The fraction of sp³-hybridized carbons (Fsp3) is 0.346. The Kier molecular flexibility index (Phi) is 6.52. The number of imide groups is 1. The smallest absolute Gasteiger partial charge is 0.251 e. The summed E-state index contributed by atoms with van der Waals surface area (Å²) in [5, 5.41) is 17.3. The second-order valence-electron chi connectivity index (χ2n) is 9.02. The van der Waals surface area contributed by atoms with Gasteiger partial charge < -0.3 is 19.7 Å². The minimum absolute atomic E-state index is 0.0119. The van der Waals surface area contributed by atoms with Crippen LogP contribution < -0.4 is 10.6 Å². The Hall–Kier alpha value is -3.69. The van der Waals surface area contributed by atoms with Crippen molar-refractivity contribution in [3.63, 3.8) is 0 Å². The monoisotopic (exact) mass is 476 g/mol. The number of fused-ring (bicyclic) bond motifs is 1. The summed E-state index contributed by atoms with van der Waals surface area (Å²) in [6, 6.07) is 12.5. The van der Waals surface area contributed by atoms with Crippen molar-refractivity contribution < 1.29 is 24.2 Å². The molecule has 9 nitrogen and oxygen atoms in total. The summed E-state index contributed by atoms with van der Waals surface area (Å²) in [4.78, 5) is 38.8. The van der Waals surface area contributed by atoms with Crippen LogP contribution in [0.15, 0.2) is 48.7 Å². The van der Waals surface area contributed by atoms with E-state index in [1.807, 2.05) is 30.3 Å². The standard InChI is InChI=1S/C26H28N4O5/c31-23-7-6-22(25(33)28-23)30-16-20-12-17(4-5-21(20)26(30)34)14-27-24(32)19-3-1-2-18(13-19)15-29-8-10-35-11-9-29/h1-5,12-13,16,22,34H,6-11,14-15H2,(H,27,32)(H,28,31,33). The van der Waals surface area contributed by atoms with Gasteiger partial charge >= 0.3 is 0 Å². The molecule has 182 valence electrons. The summed E-state index contributed by atoms with van der Waals surface area (Å²) in [5.41, 5.74) is 2.57. The Morgan fingerprint density at radius 1 is 1.11 bits per heavy atom. The lowest BCUT2D eigenvalue weighted by Gasteiger charge is -2.26. The molecule has 1 aromatic heterocycles. The van der Waals surface area contributed by atoms with Gasteiger partial charge in [0.25, 0.3) is 5.91 Å². The van der Waals surface area contributed by atoms with E-state index in [4.69, 9.17) is 4.74 Å². The van der Waals surface area contributed by atoms with Gasteiger partial charge in [-0.2, -0.15) is 0 Å². The first-order chi connectivity index (χ1) is 17.0. The third kappa shape index (κ3) is 5.06. The first kappa shape index (κ1) is 23.1. The normalized spacial score (nSPS) is 19.0. The minimum Gasteiger partial charge on any atom is -0.494 e. The number of aromatic hydroxyl groups is 1. The molecule has 1 unspecified atom stereocenters. The van der Waals surface area contributed by atoms with Gasteiger partial charge in [-0.1, -0.05) is 18.2 Å². The fourth-order valence-electron chi connectivity index (χ4n) is 4.68. The number of amides is 3. The van der Waals surface area contributed by atoms with Gasteiger partial charge in [-0.25, -0.2) is 0 Å². The van der Waals surface area contributed by atoms with Crippen LogP contribution in [0.25, 0.3) is 10.8 Å². The maximum atomic E-state index is 12.8. The summed E-state index contributed by atoms with van der Waals surface area (Å²) < 4.78 is 6.91. The van der Waals surface area contributed by atoms with Crippen molar-refractivity contribution in [3.8, 4) is 5.88 Å². The molecule has 2 aliphatic rings. The van der Waals surface area contributed by atoms with E-state index < -0.39 is 11.9 Å². The number of ether oxygens (including phenoxy) is 1. The first-order valence-electron chi connectivity index (χ1n) is 11.8. The van der Waals surface area contributed by atoms with Crippen LogP contribution in [0.5, 0.6) is 5.88 Å². The maximum Gasteiger partial charge on any atom is 0.251 e. The molecule has 0 spiro atoms. The molecule has 1 atom stereocenters. The number of rotatable bonds is 6. The lowest BCUT2D eigenvalue weighted by atomic mass is 10.1. The van der Waals surface area contributed by atoms with Gasteiger partial charge in [0.05, 0.1) is 13.2 Å². The number of nitrogens with one attached hydrogen (secondary N) is 2. The van der Waals surface area contributed by atoms with Crippen LogP contribution in [0.2, 0.25) is 0 Å². The maximum absolute atomic E-state index is 12.8. The predicted molar refractivity (Wildman–Crippen MR) is 129 cm³/mol. The molecule has 2 fully saturated rings. The number of aromatic nitrogens is 1. The van der Waals surface area contributed by atoms with E-state index in [2.05, 4.69) is 15.5 Å². The molecule has 2 aliphatic heterocycles. The van der Waals surface area contributed by atoms with Crippen LogP contribution in [-0.4, -0.2) is 58.6 Å². The van der Waals surface area contributed by atoms with E-state index in [0.29, 0.717) is 23.9 Å². The highest BCUT2D eigenvalue weighted by atomic mass is 16.5. The van der Waals surface area contributed by atoms with Gasteiger partial charge in [-0.05, 0) is 41.8 Å². The molecule has 3 N–H and O–H groups in total. The van der Waals surface area contributed by atoms with E-state index in [-0.39, 0.29) is 24.1 Å². The Balaban J connectivity index is 1.25. The molecule has 3 aromatic rings. The van der Waals surface area contributed by atoms with Crippen molar-refractivity contribution in [2.24, 2.45) is 0 Å². The second-order valence-corrected chi connectivity index (χ2v) is 9.02. The van der Waals surface area contributed by atoms with Crippen LogP contribution in [0, 0.1) is 0 Å². The van der Waals surface area contributed by atoms with Gasteiger partial charge in [0.15, 0.2) is 5.88 Å². The number of hydrogen-bond donors (Lipinski definition) is 3. The van der Waals surface area contributed by atoms with Gasteiger partial charge in [-0.15, -0.1) is 0 Å². The van der Waals surface area contributed by atoms with Gasteiger partial charge in [0.2, 0.25) is 11.8 Å². The van der Waals surface area contributed by atoms with E-state index in [1.54, 1.807) is 18.3 Å². The molecule has 0 radical (unpaired) electrons. The highest BCUT2D eigenvalue weighted by Crippen LogP contribution is 2.33. The number of carbonyl (C=O) groups excluding carboxylic acids is 3. The van der Waals surface area contributed by atoms with Crippen LogP contribution in [0.3, 0.4) is 0 Å². The minimum atomic E-state index is -0.631. The quantitative estimate of drug-likeness (QED) is 0.470. The van der Waals surface area contributed by atoms with Crippen molar-refractivity contribution in [3.05, 3.63) is 65.4 Å². The zero-order chi connectivity index (χ0) is 24.4. The molecule has 0 bridgehead atoms. The molecule has 3 amide bonds. The molecule has 35 heavy (non-hydrogen) atoms. The van der Waals surface area contributed by atoms with Crippen LogP contribution >= 0.6 is 0 Å². The predicted octanol–water partition coefficient (Wildman–Crippen LogP) is 2.09. The average Bonchev–Trinajstić information content (AvgIpc) is 3.18. The number of morpholine rings is 1. The van der Waals surface area contributed by atoms with Crippen molar-refractivity contribution in [2.75, 3.05) is 26.3 Å². The largest absolute Gasteiger partial charge is 0.494 e. The lowest BCUT2D eigenvalue weighted by Crippen LogP contribution is -2.41. The third-order valence-electron chi connectivity index (χ3n) is 6.58. The zero-order valence-electron chi connectivity index (χ0n) is 19.3. The van der Waals surface area contributed by atoms with E-state index in [0.717, 1.165) is 49.4 Å². The van der Waals surface area contributed by atoms with Crippen molar-refractivity contribution in [2.45, 2.75) is 32.0 Å². The second kappa shape index (κ2) is 9.89. The van der Waals surface area contributed by atoms with E-state index >= 15 is 0 Å². The highest BCUT2D eigenvalue weighted by Gasteiger charge is 2.30. The van der Waals surface area contributed by atoms with Crippen LogP contribution in [-0.2, 0) is 27.4 Å². The summed E-state index contributed by atoms with van der Waals surface area (Å²) in [6.07, 6.45) is 2.28. The fourth-order valence-corrected chi connectivity index (χ4v) is 4.68. The van der Waals surface area contributed by atoms with Gasteiger partial charge in [-0.3, -0.25) is 24.6 Å². The molecule has 3 heterocycles. The van der Waals surface area contributed by atoms with Gasteiger partial charge in [0, 0.05) is 55.1 Å². The number of hydrogen-bond acceptors (Lipinski definition) is 6. The highest BCUT2D eigenvalue weighted by molar-refractivity contribution is 6.00. The first-order valence-corrected chi connectivity index (χ1v) is 11.8. The van der Waals surface area contributed by atoms with Crippen molar-refractivity contribution in [1.82, 2.24) is 20.1 Å². The topological polar surface area (TPSA) is 113 Å². The number of nitrogens with zero attached hydrogens (tertiary/aromatic N) is 2. The molecule has 9 heteroatoms. The molecule has 0 saturated carbocycles. The summed E-state index contributed by atoms with van der Waals surface area (Å²) in [6.45, 7) is 4.36. The average molecular weight is 477 g/mol. The summed E-state index contributed by atoms with van der Waals surface area (Å²) >= 11 is 0. The Labute approximate surface area is 202 Å². The van der Waals surface area contributed by atoms with Crippen molar-refractivity contribution in [1.29, 1.82) is 0 Å². The molecule has 5 rings (SSSR count). The number of carbonyl (C=O) groups is 3. The summed E-state index contributed by atoms with van der Waals surface area (Å²) in [5.74, 6) is -0.882. The molecule has 2 saturated heterocycles. The van der Waals surface area contributed by atoms with Crippen molar-refractivity contribution >= 4 is 28.5 Å². The summed E-state index contributed by atoms with van der Waals surface area (Å²) in [7, 11) is 0. The molecular formula is C26H28N4O5. The van der Waals surface area contributed by atoms with Crippen LogP contribution in [0.1, 0.15) is 40.4 Å². The Morgan fingerprint density at radius 3 is 2.74 bits per heavy atom. The number of benzene rings is 2. The van der Waals surface area contributed by atoms with Gasteiger partial charge in [0.1, 0.15) is 6.04 Å². The Morgan fingerprint density at radius 2 is 1.94 bits per heavy atom. The molecule has 2 aromatic carbocycles. The zero-order valence-corrected chi connectivity index (χ0v) is 19.3. The van der Waals surface area contributed by atoms with Crippen LogP contribution in [0.4, 0.5) is 0 Å². The molecule has 0 aliphatic carbocycles. The van der Waals surface area contributed by atoms with E-state index in [9.17, 15) is 19.5 Å². The molecular weight excluding hydrogens is 448 g/mol.